The summed E-state index contributed by atoms with van der Waals surface area (Å²) in [4.78, 5) is 28.9. The highest BCUT2D eigenvalue weighted by Gasteiger charge is 2.25. The van der Waals surface area contributed by atoms with Crippen molar-refractivity contribution in [3.63, 3.8) is 0 Å². The van der Waals surface area contributed by atoms with Gasteiger partial charge in [-0.1, -0.05) is 29.4 Å². The molecule has 0 aliphatic rings. The van der Waals surface area contributed by atoms with Crippen molar-refractivity contribution in [3.05, 3.63) is 82.4 Å². The van der Waals surface area contributed by atoms with E-state index in [-0.39, 0.29) is 12.4 Å². The number of aryl methyl sites for hydroxylation is 3. The van der Waals surface area contributed by atoms with Crippen molar-refractivity contribution < 1.29 is 23.6 Å². The number of esters is 1. The van der Waals surface area contributed by atoms with Crippen molar-refractivity contribution in [3.8, 4) is 5.75 Å². The molecule has 0 saturated carbocycles. The molecule has 0 spiro atoms. The first-order valence-electron chi connectivity index (χ1n) is 10.3. The summed E-state index contributed by atoms with van der Waals surface area (Å²) < 4.78 is 16.4. The second-order valence-electron chi connectivity index (χ2n) is 7.70. The lowest BCUT2D eigenvalue weighted by Crippen LogP contribution is -2.25. The van der Waals surface area contributed by atoms with Crippen molar-refractivity contribution in [2.75, 3.05) is 0 Å². The highest BCUT2D eigenvalue weighted by Crippen LogP contribution is 2.24. The van der Waals surface area contributed by atoms with Gasteiger partial charge in [0.05, 0.1) is 16.8 Å². The van der Waals surface area contributed by atoms with Crippen LogP contribution in [0.15, 0.2) is 53.1 Å². The number of ketones is 1. The Kier molecular flexibility index (Phi) is 5.81. The fourth-order valence-corrected chi connectivity index (χ4v) is 3.66. The monoisotopic (exact) mass is 432 g/mol. The van der Waals surface area contributed by atoms with Crippen LogP contribution in [-0.2, 0) is 11.3 Å². The number of aromatic nitrogens is 2. The molecule has 7 nitrogen and oxygen atoms in total. The number of carbonyl (C=O) groups is 2. The number of carbonyl (C=O) groups excluding carboxylic acids is 2. The molecule has 1 N–H and O–H groups in total. The zero-order valence-electron chi connectivity index (χ0n) is 18.4. The van der Waals surface area contributed by atoms with E-state index in [4.69, 9.17) is 14.0 Å². The Balaban J connectivity index is 1.46. The van der Waals surface area contributed by atoms with E-state index in [0.717, 1.165) is 27.9 Å². The van der Waals surface area contributed by atoms with Crippen molar-refractivity contribution in [1.29, 1.82) is 0 Å². The van der Waals surface area contributed by atoms with Crippen LogP contribution in [0.3, 0.4) is 0 Å². The van der Waals surface area contributed by atoms with E-state index in [1.54, 1.807) is 31.2 Å². The maximum atomic E-state index is 13.0. The second kappa shape index (κ2) is 8.70. The van der Waals surface area contributed by atoms with Crippen LogP contribution in [-0.4, -0.2) is 28.0 Å². The van der Waals surface area contributed by atoms with Gasteiger partial charge < -0.3 is 19.0 Å². The first-order chi connectivity index (χ1) is 15.3. The molecule has 0 aliphatic heterocycles. The number of aromatic amines is 1. The molecular weight excluding hydrogens is 408 g/mol. The SMILES string of the molecule is Cc1noc(C)c1COc1cccc(C(=O)O[C@H](C)C(=O)c2c(C)[nH]c3ccccc23)c1. The van der Waals surface area contributed by atoms with E-state index in [0.29, 0.717) is 22.6 Å². The molecule has 0 radical (unpaired) electrons. The van der Waals surface area contributed by atoms with Crippen molar-refractivity contribution in [2.24, 2.45) is 0 Å². The lowest BCUT2D eigenvalue weighted by molar-refractivity contribution is 0.0318. The summed E-state index contributed by atoms with van der Waals surface area (Å²) in [5.74, 6) is 0.356. The van der Waals surface area contributed by atoms with Crippen LogP contribution in [0.25, 0.3) is 10.9 Å². The van der Waals surface area contributed by atoms with Crippen molar-refractivity contribution >= 4 is 22.7 Å². The van der Waals surface area contributed by atoms with Crippen LogP contribution in [0.4, 0.5) is 0 Å². The average molecular weight is 432 g/mol. The van der Waals surface area contributed by atoms with E-state index in [2.05, 4.69) is 10.1 Å². The molecule has 2 aromatic carbocycles. The number of hydrogen-bond acceptors (Lipinski definition) is 6. The van der Waals surface area contributed by atoms with Gasteiger partial charge in [-0.05, 0) is 52.0 Å². The number of nitrogens with one attached hydrogen (secondary N) is 1. The summed E-state index contributed by atoms with van der Waals surface area (Å²) >= 11 is 0. The van der Waals surface area contributed by atoms with Crippen molar-refractivity contribution in [1.82, 2.24) is 10.1 Å². The first-order valence-corrected chi connectivity index (χ1v) is 10.3. The normalized spacial score (nSPS) is 12.0. The largest absolute Gasteiger partial charge is 0.489 e. The molecule has 0 amide bonds. The number of fused-ring (bicyclic) bond motifs is 1. The number of rotatable bonds is 7. The van der Waals surface area contributed by atoms with Gasteiger partial charge in [-0.25, -0.2) is 4.79 Å². The molecule has 32 heavy (non-hydrogen) atoms. The third-order valence-corrected chi connectivity index (χ3v) is 5.43. The molecule has 4 rings (SSSR count). The molecule has 2 heterocycles. The Morgan fingerprint density at radius 3 is 2.62 bits per heavy atom. The molecule has 164 valence electrons. The lowest BCUT2D eigenvalue weighted by Gasteiger charge is -2.13. The summed E-state index contributed by atoms with van der Waals surface area (Å²) in [6.45, 7) is 7.35. The van der Waals surface area contributed by atoms with Gasteiger partial charge in [-0.3, -0.25) is 4.79 Å². The molecule has 1 atom stereocenters. The van der Waals surface area contributed by atoms with Crippen LogP contribution in [0, 0.1) is 20.8 Å². The van der Waals surface area contributed by atoms with Crippen LogP contribution in [0.5, 0.6) is 5.75 Å². The number of Topliss-reactive ketones (excluding diaryl/α,β-unsaturated/α-hetero) is 1. The van der Waals surface area contributed by atoms with Crippen LogP contribution < -0.4 is 4.74 Å². The van der Waals surface area contributed by atoms with Gasteiger partial charge in [0.2, 0.25) is 5.78 Å². The molecule has 2 aromatic heterocycles. The Hall–Kier alpha value is -3.87. The quantitative estimate of drug-likeness (QED) is 0.323. The zero-order chi connectivity index (χ0) is 22.8. The molecule has 0 bridgehead atoms. The summed E-state index contributed by atoms with van der Waals surface area (Å²) in [6, 6.07) is 14.2. The zero-order valence-corrected chi connectivity index (χ0v) is 18.4. The Bertz CT molecular complexity index is 1280. The third kappa shape index (κ3) is 4.14. The number of H-pyrrole nitrogens is 1. The van der Waals surface area contributed by atoms with E-state index < -0.39 is 12.1 Å². The van der Waals surface area contributed by atoms with Gasteiger partial charge in [0, 0.05) is 22.2 Å². The number of ether oxygens (including phenoxy) is 2. The summed E-state index contributed by atoms with van der Waals surface area (Å²) in [7, 11) is 0. The molecule has 4 aromatic rings. The maximum Gasteiger partial charge on any atom is 0.338 e. The molecule has 0 fully saturated rings. The highest BCUT2D eigenvalue weighted by molar-refractivity contribution is 6.11. The number of hydrogen-bond donors (Lipinski definition) is 1. The average Bonchev–Trinajstić information content (AvgIpc) is 3.29. The van der Waals surface area contributed by atoms with Crippen LogP contribution in [0.2, 0.25) is 0 Å². The fraction of sp³-hybridized carbons (Fsp3) is 0.240. The van der Waals surface area contributed by atoms with Gasteiger partial charge in [0.1, 0.15) is 18.1 Å². The van der Waals surface area contributed by atoms with E-state index in [1.807, 2.05) is 45.0 Å². The van der Waals surface area contributed by atoms with Gasteiger partial charge in [-0.2, -0.15) is 0 Å². The third-order valence-electron chi connectivity index (χ3n) is 5.43. The van der Waals surface area contributed by atoms with Gasteiger partial charge >= 0.3 is 5.97 Å². The fourth-order valence-electron chi connectivity index (χ4n) is 3.66. The predicted octanol–water partition coefficient (Wildman–Crippen LogP) is 5.09. The maximum absolute atomic E-state index is 13.0. The lowest BCUT2D eigenvalue weighted by atomic mass is 10.0. The topological polar surface area (TPSA) is 94.4 Å². The first kappa shape index (κ1) is 21.4. The van der Waals surface area contributed by atoms with Crippen LogP contribution >= 0.6 is 0 Å². The Labute approximate surface area is 185 Å². The number of para-hydroxylation sites is 1. The minimum absolute atomic E-state index is 0.251. The highest BCUT2D eigenvalue weighted by atomic mass is 16.5. The molecule has 0 unspecified atom stereocenters. The van der Waals surface area contributed by atoms with E-state index >= 15 is 0 Å². The summed E-state index contributed by atoms with van der Waals surface area (Å²) in [6.07, 6.45) is -0.938. The number of benzene rings is 2. The number of nitrogens with zero attached hydrogens (tertiary/aromatic N) is 1. The minimum Gasteiger partial charge on any atom is -0.489 e. The molecular formula is C25H24N2O5. The van der Waals surface area contributed by atoms with Crippen molar-refractivity contribution in [2.45, 2.75) is 40.4 Å². The predicted molar refractivity (Wildman–Crippen MR) is 119 cm³/mol. The minimum atomic E-state index is -0.938. The van der Waals surface area contributed by atoms with E-state index in [1.165, 1.54) is 0 Å². The molecule has 7 heteroatoms. The second-order valence-corrected chi connectivity index (χ2v) is 7.70. The summed E-state index contributed by atoms with van der Waals surface area (Å²) in [5, 5.41) is 4.72. The smallest absolute Gasteiger partial charge is 0.338 e. The Morgan fingerprint density at radius 2 is 1.88 bits per heavy atom. The van der Waals surface area contributed by atoms with E-state index in [9.17, 15) is 9.59 Å². The Morgan fingerprint density at radius 1 is 1.09 bits per heavy atom. The summed E-state index contributed by atoms with van der Waals surface area (Å²) in [5.41, 5.74) is 4.09. The van der Waals surface area contributed by atoms with Gasteiger partial charge in [-0.15, -0.1) is 0 Å². The molecule has 0 aliphatic carbocycles. The van der Waals surface area contributed by atoms with Gasteiger partial charge in [0.15, 0.2) is 6.10 Å². The van der Waals surface area contributed by atoms with Crippen LogP contribution in [0.1, 0.15) is 50.4 Å². The standard InChI is InChI=1S/C25H24N2O5/c1-14-21(16(3)32-27-14)13-30-19-9-7-8-18(12-19)25(29)31-17(4)24(28)23-15(2)26-22-11-6-5-10-20(22)23/h5-12,17,26H,13H2,1-4H3/t17-/m1/s1. The molecule has 0 saturated heterocycles. The van der Waals surface area contributed by atoms with Gasteiger partial charge in [0.25, 0.3) is 0 Å².